The van der Waals surface area contributed by atoms with Crippen LogP contribution in [0.4, 0.5) is 5.69 Å². The van der Waals surface area contributed by atoms with Crippen LogP contribution in [-0.4, -0.2) is 12.5 Å². The van der Waals surface area contributed by atoms with Gasteiger partial charge in [0.1, 0.15) is 0 Å². The van der Waals surface area contributed by atoms with E-state index >= 15 is 0 Å². The van der Waals surface area contributed by atoms with Gasteiger partial charge in [0.15, 0.2) is 0 Å². The molecule has 116 valence electrons. The molecule has 1 atom stereocenters. The predicted molar refractivity (Wildman–Crippen MR) is 88.1 cm³/mol. The molecule has 1 aliphatic carbocycles. The molecule has 1 fully saturated rings. The molecule has 0 spiro atoms. The third-order valence-corrected chi connectivity index (χ3v) is 4.87. The third kappa shape index (κ3) is 3.46. The Hall–Kier alpha value is -1.35. The van der Waals surface area contributed by atoms with Gasteiger partial charge in [-0.25, -0.2) is 0 Å². The molecule has 1 amide bonds. The molecule has 3 heteroatoms. The molecule has 2 rings (SSSR count). The number of carbonyl (C=O) groups excluding carboxylic acids is 1. The molecule has 0 bridgehead atoms. The number of carbonyl (C=O) groups is 1. The molecule has 1 aliphatic rings. The molecule has 0 aromatic heterocycles. The molecule has 0 heterocycles. The zero-order valence-corrected chi connectivity index (χ0v) is 13.6. The Balaban J connectivity index is 2.21. The number of rotatable bonds is 4. The second-order valence-corrected chi connectivity index (χ2v) is 6.74. The Labute approximate surface area is 128 Å². The largest absolute Gasteiger partial charge is 0.326 e. The lowest BCUT2D eigenvalue weighted by molar-refractivity contribution is -0.127. The fraction of sp³-hybridized carbons (Fsp3) is 0.611. The highest BCUT2D eigenvalue weighted by Crippen LogP contribution is 2.41. The summed E-state index contributed by atoms with van der Waals surface area (Å²) >= 11 is 0. The van der Waals surface area contributed by atoms with Crippen molar-refractivity contribution in [3.05, 3.63) is 29.8 Å². The van der Waals surface area contributed by atoms with E-state index in [9.17, 15) is 4.79 Å². The van der Waals surface area contributed by atoms with Crippen molar-refractivity contribution in [2.45, 2.75) is 53.0 Å². The summed E-state index contributed by atoms with van der Waals surface area (Å²) in [7, 11) is 0. The minimum Gasteiger partial charge on any atom is -0.326 e. The van der Waals surface area contributed by atoms with Crippen LogP contribution < -0.4 is 10.6 Å². The van der Waals surface area contributed by atoms with Gasteiger partial charge in [0.05, 0.1) is 0 Å². The molecule has 1 aromatic rings. The lowest BCUT2D eigenvalue weighted by Crippen LogP contribution is -2.43. The fourth-order valence-electron chi connectivity index (χ4n) is 3.42. The smallest absolute Gasteiger partial charge is 0.230 e. The highest BCUT2D eigenvalue weighted by atomic mass is 16.2. The van der Waals surface area contributed by atoms with Gasteiger partial charge < -0.3 is 10.6 Å². The van der Waals surface area contributed by atoms with Crippen molar-refractivity contribution in [1.82, 2.24) is 0 Å². The Bertz CT molecular complexity index is 478. The van der Waals surface area contributed by atoms with Gasteiger partial charge in [-0.3, -0.25) is 4.79 Å². The fourth-order valence-corrected chi connectivity index (χ4v) is 3.42. The first-order valence-corrected chi connectivity index (χ1v) is 8.10. The summed E-state index contributed by atoms with van der Waals surface area (Å²) in [5.41, 5.74) is 7.84. The van der Waals surface area contributed by atoms with Crippen LogP contribution in [0.1, 0.15) is 52.0 Å². The average molecular weight is 288 g/mol. The van der Waals surface area contributed by atoms with Gasteiger partial charge >= 0.3 is 0 Å². The van der Waals surface area contributed by atoms with E-state index in [1.54, 1.807) is 0 Å². The second-order valence-electron chi connectivity index (χ2n) is 6.74. The quantitative estimate of drug-likeness (QED) is 0.918. The SMILES string of the molecule is CCN(C(=O)C1CCCCC1(C)C)c1ccc(CN)cc1. The number of nitrogens with zero attached hydrogens (tertiary/aromatic N) is 1. The van der Waals surface area contributed by atoms with Crippen molar-refractivity contribution < 1.29 is 4.79 Å². The van der Waals surface area contributed by atoms with Crippen LogP contribution in [0, 0.1) is 11.3 Å². The zero-order valence-electron chi connectivity index (χ0n) is 13.6. The summed E-state index contributed by atoms with van der Waals surface area (Å²) < 4.78 is 0. The maximum atomic E-state index is 13.0. The number of hydrogen-bond acceptors (Lipinski definition) is 2. The van der Waals surface area contributed by atoms with Crippen molar-refractivity contribution in [2.75, 3.05) is 11.4 Å². The first-order valence-electron chi connectivity index (χ1n) is 8.10. The predicted octanol–water partition coefficient (Wildman–Crippen LogP) is 3.71. The minimum atomic E-state index is 0.111. The Morgan fingerprint density at radius 1 is 1.29 bits per heavy atom. The molecule has 3 nitrogen and oxygen atoms in total. The maximum Gasteiger partial charge on any atom is 0.230 e. The molecule has 0 aliphatic heterocycles. The molecule has 1 unspecified atom stereocenters. The molecular weight excluding hydrogens is 260 g/mol. The van der Waals surface area contributed by atoms with Gasteiger partial charge in [-0.05, 0) is 42.9 Å². The summed E-state index contributed by atoms with van der Waals surface area (Å²) in [4.78, 5) is 14.9. The van der Waals surface area contributed by atoms with E-state index in [4.69, 9.17) is 5.73 Å². The van der Waals surface area contributed by atoms with E-state index in [-0.39, 0.29) is 17.2 Å². The average Bonchev–Trinajstić information content (AvgIpc) is 2.48. The minimum absolute atomic E-state index is 0.111. The monoisotopic (exact) mass is 288 g/mol. The number of benzene rings is 1. The molecule has 0 saturated heterocycles. The Kier molecular flexibility index (Phi) is 5.04. The number of nitrogens with two attached hydrogens (primary N) is 1. The van der Waals surface area contributed by atoms with Crippen LogP contribution in [0.3, 0.4) is 0 Å². The first-order chi connectivity index (χ1) is 9.99. The van der Waals surface area contributed by atoms with Crippen LogP contribution in [-0.2, 0) is 11.3 Å². The molecule has 0 radical (unpaired) electrons. The van der Waals surface area contributed by atoms with Crippen LogP contribution in [0.15, 0.2) is 24.3 Å². The van der Waals surface area contributed by atoms with Crippen LogP contribution in [0.2, 0.25) is 0 Å². The van der Waals surface area contributed by atoms with E-state index in [2.05, 4.69) is 13.8 Å². The van der Waals surface area contributed by atoms with Crippen molar-refractivity contribution in [2.24, 2.45) is 17.1 Å². The van der Waals surface area contributed by atoms with Gasteiger partial charge in [-0.1, -0.05) is 38.8 Å². The summed E-state index contributed by atoms with van der Waals surface area (Å²) in [5, 5.41) is 0. The standard InChI is InChI=1S/C18H28N2O/c1-4-20(15-10-8-14(13-19)9-11-15)17(21)16-7-5-6-12-18(16,2)3/h8-11,16H,4-7,12-13,19H2,1-3H3. The van der Waals surface area contributed by atoms with E-state index in [0.29, 0.717) is 13.1 Å². The van der Waals surface area contributed by atoms with E-state index in [1.165, 1.54) is 12.8 Å². The molecule has 21 heavy (non-hydrogen) atoms. The highest BCUT2D eigenvalue weighted by Gasteiger charge is 2.39. The third-order valence-electron chi connectivity index (χ3n) is 4.87. The lowest BCUT2D eigenvalue weighted by atomic mass is 9.68. The van der Waals surface area contributed by atoms with Gasteiger partial charge in [0.2, 0.25) is 5.91 Å². The number of anilines is 1. The Morgan fingerprint density at radius 3 is 2.48 bits per heavy atom. The molecule has 2 N–H and O–H groups in total. The summed E-state index contributed by atoms with van der Waals surface area (Å²) in [6.07, 6.45) is 4.58. The van der Waals surface area contributed by atoms with E-state index < -0.39 is 0 Å². The second kappa shape index (κ2) is 6.61. The molecule has 1 aromatic carbocycles. The summed E-state index contributed by atoms with van der Waals surface area (Å²) in [5.74, 6) is 0.420. The Morgan fingerprint density at radius 2 is 1.95 bits per heavy atom. The van der Waals surface area contributed by atoms with Gasteiger partial charge in [-0.2, -0.15) is 0 Å². The topological polar surface area (TPSA) is 46.3 Å². The summed E-state index contributed by atoms with van der Waals surface area (Å²) in [6, 6.07) is 8.05. The van der Waals surface area contributed by atoms with Crippen LogP contribution >= 0.6 is 0 Å². The van der Waals surface area contributed by atoms with E-state index in [0.717, 1.165) is 24.1 Å². The summed E-state index contributed by atoms with van der Waals surface area (Å²) in [6.45, 7) is 7.77. The van der Waals surface area contributed by atoms with Gasteiger partial charge in [0, 0.05) is 24.7 Å². The lowest BCUT2D eigenvalue weighted by Gasteiger charge is -2.40. The maximum absolute atomic E-state index is 13.0. The molecular formula is C18H28N2O. The van der Waals surface area contributed by atoms with Gasteiger partial charge in [-0.15, -0.1) is 0 Å². The molecule has 1 saturated carbocycles. The van der Waals surface area contributed by atoms with Crippen molar-refractivity contribution in [1.29, 1.82) is 0 Å². The first kappa shape index (κ1) is 16.0. The highest BCUT2D eigenvalue weighted by molar-refractivity contribution is 5.95. The normalized spacial score (nSPS) is 21.0. The van der Waals surface area contributed by atoms with Gasteiger partial charge in [0.25, 0.3) is 0 Å². The van der Waals surface area contributed by atoms with Crippen molar-refractivity contribution in [3.8, 4) is 0 Å². The van der Waals surface area contributed by atoms with Crippen LogP contribution in [0.25, 0.3) is 0 Å². The number of hydrogen-bond donors (Lipinski definition) is 1. The van der Waals surface area contributed by atoms with E-state index in [1.807, 2.05) is 36.1 Å². The van der Waals surface area contributed by atoms with Crippen molar-refractivity contribution in [3.63, 3.8) is 0 Å². The van der Waals surface area contributed by atoms with Crippen LogP contribution in [0.5, 0.6) is 0 Å². The zero-order chi connectivity index (χ0) is 15.5. The van der Waals surface area contributed by atoms with Crippen molar-refractivity contribution >= 4 is 11.6 Å². The number of amides is 1.